The molecule has 196 valence electrons. The molecule has 6 nitrogen and oxygen atoms in total. The highest BCUT2D eigenvalue weighted by molar-refractivity contribution is 5.96. The van der Waals surface area contributed by atoms with Crippen LogP contribution in [0.15, 0.2) is 95.2 Å². The van der Waals surface area contributed by atoms with E-state index in [2.05, 4.69) is 0 Å². The third kappa shape index (κ3) is 4.00. The van der Waals surface area contributed by atoms with Crippen molar-refractivity contribution in [2.75, 3.05) is 18.7 Å². The number of pyridine rings is 1. The molecule has 1 aliphatic heterocycles. The van der Waals surface area contributed by atoms with Gasteiger partial charge in [0.15, 0.2) is 11.4 Å². The molecule has 1 amide bonds. The smallest absolute Gasteiger partial charge is 0.277 e. The van der Waals surface area contributed by atoms with Crippen molar-refractivity contribution in [1.82, 2.24) is 9.58 Å². The summed E-state index contributed by atoms with van der Waals surface area (Å²) in [5, 5.41) is 1.74. The van der Waals surface area contributed by atoms with E-state index in [1.54, 1.807) is 25.1 Å². The zero-order valence-corrected chi connectivity index (χ0v) is 21.5. The normalized spacial score (nSPS) is 20.9. The summed E-state index contributed by atoms with van der Waals surface area (Å²) >= 11 is 0. The standard InChI is InChI=1S/C30H29F2N3O3/c1-20(17-31)15-24-16-23-11-7-8-12-25(23)30(24,21(2)32)35-19-33(3)29(37)27-28(26(36)13-14-34(27)35)38-18-22-9-5-4-6-10-22/h4-15,17,21H,16,18-19H2,1-3H3/b20-17-,24-15-. The predicted molar refractivity (Wildman–Crippen MR) is 142 cm³/mol. The van der Waals surface area contributed by atoms with E-state index >= 15 is 4.39 Å². The maximum atomic E-state index is 16.2. The van der Waals surface area contributed by atoms with E-state index in [9.17, 15) is 14.0 Å². The summed E-state index contributed by atoms with van der Waals surface area (Å²) < 4.78 is 37.2. The number of ether oxygens (including phenoxy) is 1. The molecule has 1 aromatic heterocycles. The molecule has 1 aliphatic carbocycles. The molecule has 2 aliphatic rings. The number of halogens is 2. The van der Waals surface area contributed by atoms with Crippen LogP contribution < -0.4 is 15.2 Å². The van der Waals surface area contributed by atoms with Crippen molar-refractivity contribution in [2.24, 2.45) is 0 Å². The lowest BCUT2D eigenvalue weighted by atomic mass is 9.82. The van der Waals surface area contributed by atoms with Gasteiger partial charge in [-0.05, 0) is 48.1 Å². The van der Waals surface area contributed by atoms with Gasteiger partial charge in [-0.25, -0.2) is 8.78 Å². The van der Waals surface area contributed by atoms with Crippen LogP contribution in [-0.2, 0) is 18.6 Å². The highest BCUT2D eigenvalue weighted by Gasteiger charge is 2.54. The lowest BCUT2D eigenvalue weighted by molar-refractivity contribution is 0.0672. The van der Waals surface area contributed by atoms with Gasteiger partial charge < -0.3 is 9.64 Å². The van der Waals surface area contributed by atoms with Crippen molar-refractivity contribution in [3.05, 3.63) is 123 Å². The summed E-state index contributed by atoms with van der Waals surface area (Å²) in [5.74, 6) is -0.517. The molecule has 0 fully saturated rings. The maximum Gasteiger partial charge on any atom is 0.277 e. The van der Waals surface area contributed by atoms with Gasteiger partial charge in [-0.1, -0.05) is 60.7 Å². The second kappa shape index (κ2) is 9.93. The van der Waals surface area contributed by atoms with Gasteiger partial charge in [0, 0.05) is 19.3 Å². The van der Waals surface area contributed by atoms with Crippen LogP contribution >= 0.6 is 0 Å². The second-order valence-corrected chi connectivity index (χ2v) is 9.76. The SMILES string of the molecule is CC(=C/F)/C=C1/Cc2ccccc2C1(C(C)F)N1CN(C)C(=O)c2c(OCc3ccccc3)c(=O)ccn21. The van der Waals surface area contributed by atoms with Gasteiger partial charge in [-0.15, -0.1) is 0 Å². The average Bonchev–Trinajstić information content (AvgIpc) is 3.24. The third-order valence-corrected chi connectivity index (χ3v) is 7.27. The molecule has 0 saturated carbocycles. The van der Waals surface area contributed by atoms with Crippen LogP contribution in [0.2, 0.25) is 0 Å². The van der Waals surface area contributed by atoms with Crippen molar-refractivity contribution in [2.45, 2.75) is 38.6 Å². The first-order valence-electron chi connectivity index (χ1n) is 12.4. The highest BCUT2D eigenvalue weighted by atomic mass is 19.1. The summed E-state index contributed by atoms with van der Waals surface area (Å²) in [6.45, 7) is 3.21. The van der Waals surface area contributed by atoms with E-state index in [0.29, 0.717) is 23.9 Å². The van der Waals surface area contributed by atoms with Gasteiger partial charge >= 0.3 is 0 Å². The van der Waals surface area contributed by atoms with E-state index in [0.717, 1.165) is 16.7 Å². The van der Waals surface area contributed by atoms with Gasteiger partial charge in [0.1, 0.15) is 25.0 Å². The van der Waals surface area contributed by atoms with Gasteiger partial charge in [-0.2, -0.15) is 0 Å². The van der Waals surface area contributed by atoms with E-state index in [4.69, 9.17) is 4.74 Å². The van der Waals surface area contributed by atoms with E-state index in [-0.39, 0.29) is 24.7 Å². The van der Waals surface area contributed by atoms with Gasteiger partial charge in [0.25, 0.3) is 5.91 Å². The topological polar surface area (TPSA) is 54.8 Å². The van der Waals surface area contributed by atoms with Crippen LogP contribution in [0.3, 0.4) is 0 Å². The Morgan fingerprint density at radius 3 is 2.53 bits per heavy atom. The molecule has 5 rings (SSSR count). The Hall–Kier alpha value is -4.20. The van der Waals surface area contributed by atoms with E-state index < -0.39 is 23.0 Å². The van der Waals surface area contributed by atoms with Gasteiger partial charge in [-0.3, -0.25) is 19.3 Å². The highest BCUT2D eigenvalue weighted by Crippen LogP contribution is 2.49. The van der Waals surface area contributed by atoms with Crippen molar-refractivity contribution in [1.29, 1.82) is 0 Å². The Balaban J connectivity index is 1.73. The Morgan fingerprint density at radius 2 is 1.82 bits per heavy atom. The minimum atomic E-state index is -1.47. The number of hydrogen-bond acceptors (Lipinski definition) is 4. The molecule has 2 aromatic carbocycles. The number of aromatic nitrogens is 1. The number of carbonyl (C=O) groups excluding carboxylic acids is 1. The molecule has 2 heterocycles. The molecule has 2 unspecified atom stereocenters. The van der Waals surface area contributed by atoms with Crippen LogP contribution in [0.1, 0.15) is 41.0 Å². The lowest BCUT2D eigenvalue weighted by Gasteiger charge is -2.50. The fourth-order valence-electron chi connectivity index (χ4n) is 5.58. The molecule has 0 radical (unpaired) electrons. The Bertz CT molecular complexity index is 1500. The molecule has 38 heavy (non-hydrogen) atoms. The van der Waals surface area contributed by atoms with Crippen molar-refractivity contribution < 1.29 is 18.3 Å². The minimum Gasteiger partial charge on any atom is -0.482 e. The first kappa shape index (κ1) is 25.4. The van der Waals surface area contributed by atoms with Crippen LogP contribution in [0.25, 0.3) is 0 Å². The van der Waals surface area contributed by atoms with Crippen molar-refractivity contribution >= 4 is 5.91 Å². The van der Waals surface area contributed by atoms with Crippen LogP contribution in [0.4, 0.5) is 8.78 Å². The fourth-order valence-corrected chi connectivity index (χ4v) is 5.58. The molecular formula is C30H29F2N3O3. The number of fused-ring (bicyclic) bond motifs is 2. The van der Waals surface area contributed by atoms with Gasteiger partial charge in [0.05, 0.1) is 6.33 Å². The molecular weight excluding hydrogens is 488 g/mol. The monoisotopic (exact) mass is 517 g/mol. The summed E-state index contributed by atoms with van der Waals surface area (Å²) in [5.41, 5.74) is 1.69. The summed E-state index contributed by atoms with van der Waals surface area (Å²) in [6, 6.07) is 18.2. The largest absolute Gasteiger partial charge is 0.482 e. The first-order chi connectivity index (χ1) is 18.3. The van der Waals surface area contributed by atoms with Crippen LogP contribution in [0.5, 0.6) is 5.75 Å². The third-order valence-electron chi connectivity index (χ3n) is 7.27. The molecule has 2 atom stereocenters. The number of alkyl halides is 1. The molecule has 0 spiro atoms. The van der Waals surface area contributed by atoms with Crippen LogP contribution in [0, 0.1) is 0 Å². The quantitative estimate of drug-likeness (QED) is 0.461. The Morgan fingerprint density at radius 1 is 1.11 bits per heavy atom. The summed E-state index contributed by atoms with van der Waals surface area (Å²) in [4.78, 5) is 27.9. The minimum absolute atomic E-state index is 0.0173. The van der Waals surface area contributed by atoms with Crippen molar-refractivity contribution in [3.63, 3.8) is 0 Å². The lowest BCUT2D eigenvalue weighted by Crippen LogP contribution is -2.64. The predicted octanol–water partition coefficient (Wildman–Crippen LogP) is 5.02. The number of benzene rings is 2. The van der Waals surface area contributed by atoms with Crippen molar-refractivity contribution in [3.8, 4) is 5.75 Å². The number of allylic oxidation sites excluding steroid dienone is 2. The second-order valence-electron chi connectivity index (χ2n) is 9.76. The Kier molecular flexibility index (Phi) is 6.65. The summed E-state index contributed by atoms with van der Waals surface area (Å²) in [7, 11) is 1.60. The zero-order chi connectivity index (χ0) is 27.0. The fraction of sp³-hybridized carbons (Fsp3) is 0.267. The van der Waals surface area contributed by atoms with Crippen LogP contribution in [-0.4, -0.2) is 35.4 Å². The maximum absolute atomic E-state index is 16.2. The first-order valence-corrected chi connectivity index (χ1v) is 12.4. The van der Waals surface area contributed by atoms with E-state index in [1.165, 1.54) is 28.8 Å². The number of rotatable bonds is 6. The zero-order valence-electron chi connectivity index (χ0n) is 21.5. The summed E-state index contributed by atoms with van der Waals surface area (Å²) in [6.07, 6.45) is 2.60. The van der Waals surface area contributed by atoms with Gasteiger partial charge in [0.2, 0.25) is 5.43 Å². The van der Waals surface area contributed by atoms with E-state index in [1.807, 2.05) is 54.6 Å². The number of hydrogen-bond donors (Lipinski definition) is 0. The molecule has 0 N–H and O–H groups in total. The number of amides is 1. The molecule has 0 saturated heterocycles. The number of carbonyl (C=O) groups is 1. The Labute approximate surface area is 220 Å². The number of nitrogens with zero attached hydrogens (tertiary/aromatic N) is 3. The average molecular weight is 518 g/mol. The molecule has 8 heteroatoms. The molecule has 0 bridgehead atoms. The molecule has 3 aromatic rings.